The van der Waals surface area contributed by atoms with Gasteiger partial charge in [-0.25, -0.2) is 0 Å². The van der Waals surface area contributed by atoms with E-state index < -0.39 is 0 Å². The number of aryl methyl sites for hydroxylation is 1. The van der Waals surface area contributed by atoms with Gasteiger partial charge in [0.25, 0.3) is 0 Å². The molecule has 1 unspecified atom stereocenters. The Bertz CT molecular complexity index is 376. The molecule has 0 radical (unpaired) electrons. The monoisotopic (exact) mass is 220 g/mol. The summed E-state index contributed by atoms with van der Waals surface area (Å²) < 4.78 is 0. The van der Waals surface area contributed by atoms with Gasteiger partial charge in [-0.05, 0) is 25.5 Å². The first-order valence-electron chi connectivity index (χ1n) is 5.47. The second-order valence-corrected chi connectivity index (χ2v) is 4.08. The Labute approximate surface area is 94.9 Å². The minimum absolute atomic E-state index is 0.0769. The van der Waals surface area contributed by atoms with Crippen molar-refractivity contribution in [1.82, 2.24) is 15.5 Å². The Morgan fingerprint density at radius 2 is 2.31 bits per heavy atom. The third kappa shape index (κ3) is 2.13. The average molecular weight is 220 g/mol. The molecule has 1 amide bonds. The summed E-state index contributed by atoms with van der Waals surface area (Å²) in [6, 6.07) is 3.89. The molecule has 1 fully saturated rings. The van der Waals surface area contributed by atoms with Crippen molar-refractivity contribution in [2.45, 2.75) is 13.3 Å². The lowest BCUT2D eigenvalue weighted by Gasteiger charge is -2.16. The van der Waals surface area contributed by atoms with Crippen molar-refractivity contribution in [3.8, 4) is 0 Å². The predicted octanol–water partition coefficient (Wildman–Crippen LogP) is 0.357. The van der Waals surface area contributed by atoms with Crippen LogP contribution in [-0.2, 0) is 4.79 Å². The molecule has 0 aliphatic carbocycles. The number of nitrogens with zero attached hydrogens (tertiary/aromatic N) is 3. The van der Waals surface area contributed by atoms with Gasteiger partial charge in [0.15, 0.2) is 5.82 Å². The van der Waals surface area contributed by atoms with Crippen LogP contribution in [0.25, 0.3) is 0 Å². The topological polar surface area (TPSA) is 58.1 Å². The van der Waals surface area contributed by atoms with Gasteiger partial charge in [0.05, 0.1) is 11.6 Å². The molecule has 1 N–H and O–H groups in total. The third-order valence-electron chi connectivity index (χ3n) is 2.91. The van der Waals surface area contributed by atoms with Crippen LogP contribution in [0.3, 0.4) is 0 Å². The lowest BCUT2D eigenvalue weighted by Crippen LogP contribution is -2.30. The van der Waals surface area contributed by atoms with Gasteiger partial charge in [0, 0.05) is 20.1 Å². The number of carbonyl (C=O) groups excluding carboxylic acids is 1. The predicted molar refractivity (Wildman–Crippen MR) is 61.2 cm³/mol. The Hall–Kier alpha value is -1.65. The minimum Gasteiger partial charge on any atom is -0.359 e. The molecule has 2 rings (SSSR count). The fourth-order valence-electron chi connectivity index (χ4n) is 1.95. The smallest absolute Gasteiger partial charge is 0.224 e. The van der Waals surface area contributed by atoms with Crippen molar-refractivity contribution in [3.05, 3.63) is 17.8 Å². The van der Waals surface area contributed by atoms with Crippen LogP contribution in [-0.4, -0.2) is 36.2 Å². The summed E-state index contributed by atoms with van der Waals surface area (Å²) in [7, 11) is 1.68. The summed E-state index contributed by atoms with van der Waals surface area (Å²) in [6.45, 7) is 3.52. The molecular formula is C11H16N4O. The van der Waals surface area contributed by atoms with Gasteiger partial charge in [-0.15, -0.1) is 5.10 Å². The second-order valence-electron chi connectivity index (χ2n) is 4.08. The zero-order valence-electron chi connectivity index (χ0n) is 9.60. The van der Waals surface area contributed by atoms with E-state index in [4.69, 9.17) is 0 Å². The SMILES string of the molecule is CNC(=O)C1CCN(c2ccc(C)nn2)C1. The third-order valence-corrected chi connectivity index (χ3v) is 2.91. The molecule has 2 heterocycles. The molecule has 0 saturated carbocycles. The molecule has 5 heteroatoms. The summed E-state index contributed by atoms with van der Waals surface area (Å²) in [5.41, 5.74) is 0.908. The van der Waals surface area contributed by atoms with Crippen LogP contribution >= 0.6 is 0 Å². The zero-order chi connectivity index (χ0) is 11.5. The molecule has 1 aliphatic rings. The van der Waals surface area contributed by atoms with Gasteiger partial charge in [0.2, 0.25) is 5.91 Å². The molecule has 1 aliphatic heterocycles. The molecule has 0 bridgehead atoms. The minimum atomic E-state index is 0.0769. The largest absolute Gasteiger partial charge is 0.359 e. The molecule has 1 saturated heterocycles. The quantitative estimate of drug-likeness (QED) is 0.781. The highest BCUT2D eigenvalue weighted by atomic mass is 16.1. The zero-order valence-corrected chi connectivity index (χ0v) is 9.60. The Morgan fingerprint density at radius 3 is 2.94 bits per heavy atom. The van der Waals surface area contributed by atoms with Crippen molar-refractivity contribution < 1.29 is 4.79 Å². The van der Waals surface area contributed by atoms with E-state index in [1.807, 2.05) is 19.1 Å². The second kappa shape index (κ2) is 4.47. The van der Waals surface area contributed by atoms with Crippen LogP contribution in [0, 0.1) is 12.8 Å². The van der Waals surface area contributed by atoms with E-state index in [0.29, 0.717) is 0 Å². The molecule has 16 heavy (non-hydrogen) atoms. The van der Waals surface area contributed by atoms with Crippen LogP contribution in [0.1, 0.15) is 12.1 Å². The molecule has 5 nitrogen and oxygen atoms in total. The van der Waals surface area contributed by atoms with E-state index in [0.717, 1.165) is 31.0 Å². The number of hydrogen-bond donors (Lipinski definition) is 1. The van der Waals surface area contributed by atoms with Gasteiger partial charge < -0.3 is 10.2 Å². The van der Waals surface area contributed by atoms with E-state index in [1.54, 1.807) is 7.05 Å². The van der Waals surface area contributed by atoms with Crippen molar-refractivity contribution in [2.24, 2.45) is 5.92 Å². The lowest BCUT2D eigenvalue weighted by atomic mass is 10.1. The molecule has 1 atom stereocenters. The lowest BCUT2D eigenvalue weighted by molar-refractivity contribution is -0.123. The van der Waals surface area contributed by atoms with Gasteiger partial charge in [-0.1, -0.05) is 0 Å². The van der Waals surface area contributed by atoms with Crippen molar-refractivity contribution in [2.75, 3.05) is 25.0 Å². The summed E-state index contributed by atoms with van der Waals surface area (Å²) in [5, 5.41) is 10.8. The number of carbonyl (C=O) groups is 1. The standard InChI is InChI=1S/C11H16N4O/c1-8-3-4-10(14-13-8)15-6-5-9(7-15)11(16)12-2/h3-4,9H,5-7H2,1-2H3,(H,12,16). The number of anilines is 1. The first-order chi connectivity index (χ1) is 7.70. The van der Waals surface area contributed by atoms with Crippen LogP contribution < -0.4 is 10.2 Å². The summed E-state index contributed by atoms with van der Waals surface area (Å²) in [5.74, 6) is 1.05. The normalized spacial score (nSPS) is 19.9. The Balaban J connectivity index is 2.03. The number of amides is 1. The van der Waals surface area contributed by atoms with E-state index in [1.165, 1.54) is 0 Å². The van der Waals surface area contributed by atoms with E-state index in [9.17, 15) is 4.79 Å². The number of nitrogens with one attached hydrogen (secondary N) is 1. The van der Waals surface area contributed by atoms with Crippen LogP contribution in [0.5, 0.6) is 0 Å². The average Bonchev–Trinajstić information content (AvgIpc) is 2.78. The Morgan fingerprint density at radius 1 is 1.50 bits per heavy atom. The maximum atomic E-state index is 11.5. The fraction of sp³-hybridized carbons (Fsp3) is 0.545. The maximum absolute atomic E-state index is 11.5. The highest BCUT2D eigenvalue weighted by Gasteiger charge is 2.28. The highest BCUT2D eigenvalue weighted by molar-refractivity contribution is 5.79. The summed E-state index contributed by atoms with van der Waals surface area (Å²) >= 11 is 0. The van der Waals surface area contributed by atoms with Gasteiger partial charge in [-0.3, -0.25) is 4.79 Å². The summed E-state index contributed by atoms with van der Waals surface area (Å²) in [4.78, 5) is 13.6. The van der Waals surface area contributed by atoms with Crippen LogP contribution in [0.2, 0.25) is 0 Å². The van der Waals surface area contributed by atoms with Crippen molar-refractivity contribution >= 4 is 11.7 Å². The van der Waals surface area contributed by atoms with Gasteiger partial charge in [-0.2, -0.15) is 5.10 Å². The number of hydrogen-bond acceptors (Lipinski definition) is 4. The maximum Gasteiger partial charge on any atom is 0.224 e. The molecule has 86 valence electrons. The molecule has 1 aromatic heterocycles. The van der Waals surface area contributed by atoms with E-state index in [2.05, 4.69) is 20.4 Å². The van der Waals surface area contributed by atoms with E-state index >= 15 is 0 Å². The van der Waals surface area contributed by atoms with Gasteiger partial charge >= 0.3 is 0 Å². The molecule has 0 spiro atoms. The fourth-order valence-corrected chi connectivity index (χ4v) is 1.95. The number of rotatable bonds is 2. The molecule has 1 aromatic rings. The highest BCUT2D eigenvalue weighted by Crippen LogP contribution is 2.21. The first kappa shape index (κ1) is 10.9. The van der Waals surface area contributed by atoms with Crippen LogP contribution in [0.15, 0.2) is 12.1 Å². The van der Waals surface area contributed by atoms with Gasteiger partial charge in [0.1, 0.15) is 0 Å². The van der Waals surface area contributed by atoms with Crippen LogP contribution in [0.4, 0.5) is 5.82 Å². The molecule has 0 aromatic carbocycles. The Kier molecular flexibility index (Phi) is 3.03. The molecular weight excluding hydrogens is 204 g/mol. The summed E-state index contributed by atoms with van der Waals surface area (Å²) in [6.07, 6.45) is 0.884. The van der Waals surface area contributed by atoms with Crippen molar-refractivity contribution in [3.63, 3.8) is 0 Å². The number of aromatic nitrogens is 2. The first-order valence-corrected chi connectivity index (χ1v) is 5.47. The van der Waals surface area contributed by atoms with Crippen molar-refractivity contribution in [1.29, 1.82) is 0 Å². The van der Waals surface area contributed by atoms with E-state index in [-0.39, 0.29) is 11.8 Å².